The summed E-state index contributed by atoms with van der Waals surface area (Å²) >= 11 is 0. The van der Waals surface area contributed by atoms with Gasteiger partial charge < -0.3 is 14.4 Å². The molecular weight excluding hydrogens is 444 g/mol. The molecule has 0 amide bonds. The normalized spacial score (nSPS) is 11.1. The smallest absolute Gasteiger partial charge is 0.344 e. The van der Waals surface area contributed by atoms with Gasteiger partial charge in [-0.05, 0) is 31.2 Å². The van der Waals surface area contributed by atoms with Gasteiger partial charge in [0, 0.05) is 37.0 Å². The summed E-state index contributed by atoms with van der Waals surface area (Å²) in [6.45, 7) is 1.77. The van der Waals surface area contributed by atoms with E-state index in [0.29, 0.717) is 28.0 Å². The van der Waals surface area contributed by atoms with Gasteiger partial charge in [-0.2, -0.15) is 9.78 Å². The minimum absolute atomic E-state index is 0.238. The Labute approximate surface area is 203 Å². The van der Waals surface area contributed by atoms with Crippen LogP contribution in [0, 0.1) is 0 Å². The maximum atomic E-state index is 13.4. The zero-order chi connectivity index (χ0) is 24.8. The first-order chi connectivity index (χ1) is 17.0. The molecule has 178 valence electrons. The molecule has 0 saturated heterocycles. The largest absolute Gasteiger partial charge is 0.481 e. The maximum Gasteiger partial charge on any atom is 0.344 e. The summed E-state index contributed by atoms with van der Waals surface area (Å²) < 4.78 is 12.0. The third-order valence-corrected chi connectivity index (χ3v) is 5.26. The first kappa shape index (κ1) is 23.7. The van der Waals surface area contributed by atoms with Gasteiger partial charge in [-0.15, -0.1) is 0 Å². The van der Waals surface area contributed by atoms with Crippen molar-refractivity contribution in [3.05, 3.63) is 88.7 Å². The molecule has 0 bridgehead atoms. The minimum atomic E-state index is -0.466. The van der Waals surface area contributed by atoms with Crippen molar-refractivity contribution in [3.8, 4) is 17.1 Å². The number of carbonyl (C=O) groups excluding carboxylic acids is 1. The first-order valence-electron chi connectivity index (χ1n) is 11.2. The number of esters is 1. The Morgan fingerprint density at radius 2 is 1.80 bits per heavy atom. The Morgan fingerprint density at radius 1 is 1.06 bits per heavy atom. The molecule has 0 N–H and O–H groups in total. The van der Waals surface area contributed by atoms with Crippen LogP contribution in [0.3, 0.4) is 0 Å². The molecule has 3 aromatic carbocycles. The van der Waals surface area contributed by atoms with E-state index in [9.17, 15) is 9.59 Å². The molecule has 0 aliphatic heterocycles. The summed E-state index contributed by atoms with van der Waals surface area (Å²) in [6.07, 6.45) is 1.53. The zero-order valence-electron chi connectivity index (χ0n) is 19.8. The van der Waals surface area contributed by atoms with Crippen LogP contribution in [0.4, 0.5) is 5.69 Å². The van der Waals surface area contributed by atoms with E-state index in [1.807, 2.05) is 67.5 Å². The molecule has 35 heavy (non-hydrogen) atoms. The fraction of sp³-hybridized carbons (Fsp3) is 0.185. The molecular formula is C27H26N4O4. The Balaban J connectivity index is 1.80. The lowest BCUT2D eigenvalue weighted by Gasteiger charge is -2.16. The van der Waals surface area contributed by atoms with Gasteiger partial charge in [0.25, 0.3) is 5.56 Å². The van der Waals surface area contributed by atoms with Crippen molar-refractivity contribution in [2.24, 2.45) is 5.10 Å². The number of nitrogens with zero attached hydrogens (tertiary/aromatic N) is 4. The van der Waals surface area contributed by atoms with Crippen molar-refractivity contribution >= 4 is 28.8 Å². The molecule has 0 aliphatic carbocycles. The number of para-hydroxylation sites is 1. The third-order valence-electron chi connectivity index (χ3n) is 5.26. The van der Waals surface area contributed by atoms with Crippen molar-refractivity contribution in [2.75, 3.05) is 32.2 Å². The van der Waals surface area contributed by atoms with Crippen LogP contribution in [-0.4, -0.2) is 49.2 Å². The van der Waals surface area contributed by atoms with E-state index >= 15 is 0 Å². The summed E-state index contributed by atoms with van der Waals surface area (Å²) in [6, 6.07) is 22.1. The van der Waals surface area contributed by atoms with E-state index in [4.69, 9.17) is 14.5 Å². The number of carbonyl (C=O) groups is 1. The second-order valence-electron chi connectivity index (χ2n) is 7.89. The summed E-state index contributed by atoms with van der Waals surface area (Å²) in [5.74, 6) is 0.396. The summed E-state index contributed by atoms with van der Waals surface area (Å²) in [5, 5.41) is 4.97. The molecule has 8 nitrogen and oxygen atoms in total. The standard InChI is InChI=1S/C27H26N4O4/c1-4-34-25(32)18-35-24-16-21(30(2)3)15-14-20(24)17-28-31-26(19-10-6-5-7-11-19)29-23-13-9-8-12-22(23)27(31)33/h5-17H,4,18H2,1-3H3. The van der Waals surface area contributed by atoms with Gasteiger partial charge >= 0.3 is 5.97 Å². The molecule has 0 aliphatic rings. The van der Waals surface area contributed by atoms with Crippen LogP contribution in [0.5, 0.6) is 5.75 Å². The second kappa shape index (κ2) is 10.6. The van der Waals surface area contributed by atoms with Crippen molar-refractivity contribution in [3.63, 3.8) is 0 Å². The van der Waals surface area contributed by atoms with Crippen LogP contribution in [0.1, 0.15) is 12.5 Å². The maximum absolute atomic E-state index is 13.4. The van der Waals surface area contributed by atoms with Crippen molar-refractivity contribution < 1.29 is 14.3 Å². The zero-order valence-corrected chi connectivity index (χ0v) is 19.8. The fourth-order valence-corrected chi connectivity index (χ4v) is 3.50. The molecule has 0 fully saturated rings. The van der Waals surface area contributed by atoms with Gasteiger partial charge in [0.15, 0.2) is 12.4 Å². The molecule has 4 aromatic rings. The Morgan fingerprint density at radius 3 is 2.54 bits per heavy atom. The number of benzene rings is 3. The van der Waals surface area contributed by atoms with Crippen molar-refractivity contribution in [1.29, 1.82) is 0 Å². The molecule has 0 spiro atoms. The van der Waals surface area contributed by atoms with Crippen molar-refractivity contribution in [2.45, 2.75) is 6.92 Å². The predicted molar refractivity (Wildman–Crippen MR) is 137 cm³/mol. The fourth-order valence-electron chi connectivity index (χ4n) is 3.50. The highest BCUT2D eigenvalue weighted by Gasteiger charge is 2.13. The van der Waals surface area contributed by atoms with Crippen LogP contribution in [0.25, 0.3) is 22.3 Å². The number of hydrogen-bond donors (Lipinski definition) is 0. The van der Waals surface area contributed by atoms with E-state index in [2.05, 4.69) is 5.10 Å². The molecule has 4 rings (SSSR count). The lowest BCUT2D eigenvalue weighted by atomic mass is 10.2. The van der Waals surface area contributed by atoms with E-state index < -0.39 is 5.97 Å². The Kier molecular flexibility index (Phi) is 7.21. The lowest BCUT2D eigenvalue weighted by Crippen LogP contribution is -2.20. The van der Waals surface area contributed by atoms with Crippen LogP contribution in [-0.2, 0) is 9.53 Å². The molecule has 0 atom stereocenters. The number of ether oxygens (including phenoxy) is 2. The van der Waals surface area contributed by atoms with Gasteiger partial charge in [0.2, 0.25) is 0 Å². The highest BCUT2D eigenvalue weighted by Crippen LogP contribution is 2.24. The monoisotopic (exact) mass is 470 g/mol. The van der Waals surface area contributed by atoms with E-state index in [1.165, 1.54) is 10.9 Å². The first-order valence-corrected chi connectivity index (χ1v) is 11.2. The van der Waals surface area contributed by atoms with E-state index in [-0.39, 0.29) is 18.8 Å². The number of hydrogen-bond acceptors (Lipinski definition) is 7. The van der Waals surface area contributed by atoms with Crippen molar-refractivity contribution in [1.82, 2.24) is 9.66 Å². The Hall–Kier alpha value is -4.46. The predicted octanol–water partition coefficient (Wildman–Crippen LogP) is 3.95. The van der Waals surface area contributed by atoms with Gasteiger partial charge in [-0.3, -0.25) is 4.79 Å². The molecule has 0 saturated carbocycles. The SMILES string of the molecule is CCOC(=O)COc1cc(N(C)C)ccc1C=Nn1c(-c2ccccc2)nc2ccccc2c1=O. The highest BCUT2D eigenvalue weighted by atomic mass is 16.6. The highest BCUT2D eigenvalue weighted by molar-refractivity contribution is 5.86. The second-order valence-corrected chi connectivity index (χ2v) is 7.89. The lowest BCUT2D eigenvalue weighted by molar-refractivity contribution is -0.145. The molecule has 0 unspecified atom stereocenters. The number of fused-ring (bicyclic) bond motifs is 1. The third kappa shape index (κ3) is 5.38. The van der Waals surface area contributed by atoms with Crippen LogP contribution < -0.4 is 15.2 Å². The number of anilines is 1. The van der Waals surface area contributed by atoms with Gasteiger partial charge in [-0.25, -0.2) is 9.78 Å². The summed E-state index contributed by atoms with van der Waals surface area (Å²) in [7, 11) is 3.81. The quantitative estimate of drug-likeness (QED) is 0.286. The van der Waals surface area contributed by atoms with Gasteiger partial charge in [-0.1, -0.05) is 42.5 Å². The average Bonchev–Trinajstić information content (AvgIpc) is 2.87. The minimum Gasteiger partial charge on any atom is -0.481 e. The number of rotatable bonds is 8. The van der Waals surface area contributed by atoms with Crippen LogP contribution >= 0.6 is 0 Å². The topological polar surface area (TPSA) is 86.0 Å². The summed E-state index contributed by atoms with van der Waals surface area (Å²) in [4.78, 5) is 31.8. The number of aromatic nitrogens is 2. The molecule has 1 heterocycles. The van der Waals surface area contributed by atoms with E-state index in [1.54, 1.807) is 31.2 Å². The van der Waals surface area contributed by atoms with E-state index in [0.717, 1.165) is 11.3 Å². The molecule has 8 heteroatoms. The molecule has 1 aromatic heterocycles. The molecule has 0 radical (unpaired) electrons. The van der Waals surface area contributed by atoms with Crippen LogP contribution in [0.15, 0.2) is 82.7 Å². The van der Waals surface area contributed by atoms with Crippen LogP contribution in [0.2, 0.25) is 0 Å². The average molecular weight is 471 g/mol. The Bertz CT molecular complexity index is 1430. The summed E-state index contributed by atoms with van der Waals surface area (Å²) in [5.41, 5.74) is 2.55. The van der Waals surface area contributed by atoms with Gasteiger partial charge in [0.05, 0.1) is 23.7 Å². The van der Waals surface area contributed by atoms with Gasteiger partial charge in [0.1, 0.15) is 5.75 Å².